The zero-order valence-electron chi connectivity index (χ0n) is 7.97. The first-order valence-electron chi connectivity index (χ1n) is 4.48. The van der Waals surface area contributed by atoms with Crippen LogP contribution in [0, 0.1) is 5.92 Å². The van der Waals surface area contributed by atoms with Crippen LogP contribution in [0.4, 0.5) is 0 Å². The number of rotatable bonds is 6. The lowest BCUT2D eigenvalue weighted by molar-refractivity contribution is 0.0549. The number of hydrogen-bond acceptors (Lipinski definition) is 2. The Hall–Kier alpha value is -0.0800. The molecule has 0 aromatic carbocycles. The zero-order chi connectivity index (χ0) is 8.69. The number of ether oxygens (including phenoxy) is 1. The smallest absolute Gasteiger partial charge is 0.0559 e. The molecule has 2 N–H and O–H groups in total. The van der Waals surface area contributed by atoms with Crippen LogP contribution < -0.4 is 5.73 Å². The van der Waals surface area contributed by atoms with Crippen molar-refractivity contribution in [2.45, 2.75) is 39.7 Å². The van der Waals surface area contributed by atoms with E-state index < -0.39 is 0 Å². The zero-order valence-corrected chi connectivity index (χ0v) is 7.97. The van der Waals surface area contributed by atoms with Crippen LogP contribution in [-0.2, 0) is 4.74 Å². The topological polar surface area (TPSA) is 35.2 Å². The van der Waals surface area contributed by atoms with Crippen LogP contribution in [0.2, 0.25) is 0 Å². The van der Waals surface area contributed by atoms with Crippen molar-refractivity contribution >= 4 is 0 Å². The fourth-order valence-electron chi connectivity index (χ4n) is 0.823. The SMILES string of the molecule is CC(C)CCOC(C)CCN. The summed E-state index contributed by atoms with van der Waals surface area (Å²) in [6.07, 6.45) is 2.45. The van der Waals surface area contributed by atoms with Gasteiger partial charge in [-0.3, -0.25) is 0 Å². The highest BCUT2D eigenvalue weighted by atomic mass is 16.5. The molecule has 2 nitrogen and oxygen atoms in total. The van der Waals surface area contributed by atoms with Gasteiger partial charge >= 0.3 is 0 Å². The Bertz CT molecular complexity index is 83.6. The molecule has 0 aliphatic rings. The molecule has 0 fully saturated rings. The molecule has 0 saturated carbocycles. The first-order chi connectivity index (χ1) is 5.16. The molecule has 2 heteroatoms. The molecule has 1 unspecified atom stereocenters. The third kappa shape index (κ3) is 7.82. The molecule has 0 aromatic heterocycles. The molecule has 0 aliphatic carbocycles. The summed E-state index contributed by atoms with van der Waals surface area (Å²) >= 11 is 0. The highest BCUT2D eigenvalue weighted by molar-refractivity contribution is 4.51. The van der Waals surface area contributed by atoms with E-state index in [9.17, 15) is 0 Å². The monoisotopic (exact) mass is 159 g/mol. The van der Waals surface area contributed by atoms with Crippen LogP contribution in [0.5, 0.6) is 0 Å². The van der Waals surface area contributed by atoms with Crippen LogP contribution in [0.15, 0.2) is 0 Å². The van der Waals surface area contributed by atoms with Crippen molar-refractivity contribution in [2.24, 2.45) is 11.7 Å². The van der Waals surface area contributed by atoms with Crippen LogP contribution in [0.1, 0.15) is 33.6 Å². The molecule has 1 atom stereocenters. The summed E-state index contributed by atoms with van der Waals surface area (Å²) in [5.74, 6) is 0.736. The Morgan fingerprint density at radius 3 is 2.27 bits per heavy atom. The van der Waals surface area contributed by atoms with Gasteiger partial charge in [0.15, 0.2) is 0 Å². The van der Waals surface area contributed by atoms with Gasteiger partial charge in [0.25, 0.3) is 0 Å². The minimum absolute atomic E-state index is 0.332. The number of nitrogens with two attached hydrogens (primary N) is 1. The predicted octanol–water partition coefficient (Wildman–Crippen LogP) is 1.79. The largest absolute Gasteiger partial charge is 0.378 e. The maximum absolute atomic E-state index is 5.51. The maximum Gasteiger partial charge on any atom is 0.0559 e. The van der Waals surface area contributed by atoms with E-state index in [1.165, 1.54) is 0 Å². The van der Waals surface area contributed by atoms with Crippen LogP contribution >= 0.6 is 0 Å². The van der Waals surface area contributed by atoms with Crippen LogP contribution in [-0.4, -0.2) is 19.3 Å². The van der Waals surface area contributed by atoms with Crippen LogP contribution in [0.3, 0.4) is 0 Å². The molecule has 0 spiro atoms. The van der Waals surface area contributed by atoms with Gasteiger partial charge in [-0.15, -0.1) is 0 Å². The van der Waals surface area contributed by atoms with Crippen molar-refractivity contribution in [3.63, 3.8) is 0 Å². The molecular weight excluding hydrogens is 138 g/mol. The van der Waals surface area contributed by atoms with Gasteiger partial charge in [-0.1, -0.05) is 13.8 Å². The number of hydrogen-bond donors (Lipinski definition) is 1. The lowest BCUT2D eigenvalue weighted by Crippen LogP contribution is -2.15. The van der Waals surface area contributed by atoms with E-state index in [0.717, 1.165) is 31.9 Å². The summed E-state index contributed by atoms with van der Waals surface area (Å²) < 4.78 is 5.51. The van der Waals surface area contributed by atoms with Crippen molar-refractivity contribution in [1.29, 1.82) is 0 Å². The standard InChI is InChI=1S/C9H21NO/c1-8(2)5-7-11-9(3)4-6-10/h8-9H,4-7,10H2,1-3H3. The summed E-state index contributed by atoms with van der Waals surface area (Å²) in [5.41, 5.74) is 5.38. The van der Waals surface area contributed by atoms with Crippen molar-refractivity contribution in [2.75, 3.05) is 13.2 Å². The molecule has 11 heavy (non-hydrogen) atoms. The molecule has 0 aliphatic heterocycles. The first kappa shape index (κ1) is 10.9. The van der Waals surface area contributed by atoms with Gasteiger partial charge in [0.1, 0.15) is 0 Å². The molecule has 0 saturated heterocycles. The second kappa shape index (κ2) is 6.62. The second-order valence-corrected chi connectivity index (χ2v) is 3.44. The van der Waals surface area contributed by atoms with Crippen LogP contribution in [0.25, 0.3) is 0 Å². The summed E-state index contributed by atoms with van der Waals surface area (Å²) in [6, 6.07) is 0. The average Bonchev–Trinajstić information content (AvgIpc) is 1.87. The van der Waals surface area contributed by atoms with E-state index in [1.54, 1.807) is 0 Å². The summed E-state index contributed by atoms with van der Waals surface area (Å²) in [4.78, 5) is 0. The minimum Gasteiger partial charge on any atom is -0.378 e. The minimum atomic E-state index is 0.332. The lowest BCUT2D eigenvalue weighted by atomic mass is 10.1. The third-order valence-corrected chi connectivity index (χ3v) is 1.67. The molecule has 0 aromatic rings. The van der Waals surface area contributed by atoms with Gasteiger partial charge in [0.2, 0.25) is 0 Å². The van der Waals surface area contributed by atoms with Gasteiger partial charge < -0.3 is 10.5 Å². The Labute approximate surface area is 70.1 Å². The Morgan fingerprint density at radius 1 is 1.18 bits per heavy atom. The fraction of sp³-hybridized carbons (Fsp3) is 1.00. The van der Waals surface area contributed by atoms with Gasteiger partial charge in [0, 0.05) is 6.61 Å². The summed E-state index contributed by atoms with van der Waals surface area (Å²) in [5, 5.41) is 0. The molecule has 68 valence electrons. The quantitative estimate of drug-likeness (QED) is 0.641. The van der Waals surface area contributed by atoms with Gasteiger partial charge in [-0.25, -0.2) is 0 Å². The molecule has 0 amide bonds. The van der Waals surface area contributed by atoms with Gasteiger partial charge in [-0.05, 0) is 32.2 Å². The van der Waals surface area contributed by atoms with Crippen molar-refractivity contribution < 1.29 is 4.74 Å². The highest BCUT2D eigenvalue weighted by Crippen LogP contribution is 2.02. The summed E-state index contributed by atoms with van der Waals surface area (Å²) in [6.45, 7) is 8.09. The van der Waals surface area contributed by atoms with Crippen molar-refractivity contribution in [1.82, 2.24) is 0 Å². The fourth-order valence-corrected chi connectivity index (χ4v) is 0.823. The average molecular weight is 159 g/mol. The third-order valence-electron chi connectivity index (χ3n) is 1.67. The molecule has 0 heterocycles. The Kier molecular flexibility index (Phi) is 6.57. The van der Waals surface area contributed by atoms with E-state index in [2.05, 4.69) is 20.8 Å². The van der Waals surface area contributed by atoms with Gasteiger partial charge in [0.05, 0.1) is 6.10 Å². The Balaban J connectivity index is 3.10. The second-order valence-electron chi connectivity index (χ2n) is 3.44. The predicted molar refractivity (Wildman–Crippen MR) is 48.5 cm³/mol. The first-order valence-corrected chi connectivity index (χ1v) is 4.48. The lowest BCUT2D eigenvalue weighted by Gasteiger charge is -2.12. The van der Waals surface area contributed by atoms with E-state index in [1.807, 2.05) is 0 Å². The van der Waals surface area contributed by atoms with E-state index in [-0.39, 0.29) is 0 Å². The van der Waals surface area contributed by atoms with E-state index in [4.69, 9.17) is 10.5 Å². The van der Waals surface area contributed by atoms with Crippen molar-refractivity contribution in [3.05, 3.63) is 0 Å². The van der Waals surface area contributed by atoms with E-state index >= 15 is 0 Å². The highest BCUT2D eigenvalue weighted by Gasteiger charge is 2.00. The van der Waals surface area contributed by atoms with Gasteiger partial charge in [-0.2, -0.15) is 0 Å². The molecule has 0 radical (unpaired) electrons. The molecule has 0 bridgehead atoms. The van der Waals surface area contributed by atoms with E-state index in [0.29, 0.717) is 6.10 Å². The molecular formula is C9H21NO. The van der Waals surface area contributed by atoms with Crippen molar-refractivity contribution in [3.8, 4) is 0 Å². The Morgan fingerprint density at radius 2 is 1.82 bits per heavy atom. The maximum atomic E-state index is 5.51. The molecule has 0 rings (SSSR count). The normalized spacial score (nSPS) is 13.9. The summed E-state index contributed by atoms with van der Waals surface area (Å²) in [7, 11) is 0.